The Morgan fingerprint density at radius 3 is 2.83 bits per heavy atom. The zero-order chi connectivity index (χ0) is 8.81. The Morgan fingerprint density at radius 2 is 2.08 bits per heavy atom. The molecule has 1 aliphatic carbocycles. The monoisotopic (exact) mass is 166 g/mol. The second-order valence-corrected chi connectivity index (χ2v) is 2.86. The van der Waals surface area contributed by atoms with E-state index in [0.29, 0.717) is 0 Å². The lowest BCUT2D eigenvalue weighted by Crippen LogP contribution is -2.12. The van der Waals surface area contributed by atoms with Crippen LogP contribution >= 0.6 is 0 Å². The summed E-state index contributed by atoms with van der Waals surface area (Å²) in [6, 6.07) is 0. The number of hydrogen-bond donors (Lipinski definition) is 0. The Bertz CT molecular complexity index is 204. The molecule has 0 aromatic rings. The van der Waals surface area contributed by atoms with Crippen LogP contribution in [0.1, 0.15) is 26.2 Å². The third kappa shape index (κ3) is 3.37. The van der Waals surface area contributed by atoms with Crippen molar-refractivity contribution < 1.29 is 9.53 Å². The van der Waals surface area contributed by atoms with Crippen molar-refractivity contribution >= 4 is 5.97 Å². The van der Waals surface area contributed by atoms with Gasteiger partial charge in [-0.3, -0.25) is 4.79 Å². The van der Waals surface area contributed by atoms with Crippen LogP contribution in [0.2, 0.25) is 0 Å². The Labute approximate surface area is 72.9 Å². The molecule has 0 aliphatic heterocycles. The Kier molecular flexibility index (Phi) is 3.58. The predicted octanol–water partition coefficient (Wildman–Crippen LogP) is 2.21. The lowest BCUT2D eigenvalue weighted by Gasteiger charge is -2.11. The van der Waals surface area contributed by atoms with Crippen LogP contribution in [0.3, 0.4) is 0 Å². The number of carbonyl (C=O) groups excluding carboxylic acids is 1. The molecule has 0 heterocycles. The van der Waals surface area contributed by atoms with Gasteiger partial charge in [0.05, 0.1) is 0 Å². The molecule has 0 radical (unpaired) electrons. The van der Waals surface area contributed by atoms with Crippen LogP contribution in [0.15, 0.2) is 24.3 Å². The van der Waals surface area contributed by atoms with E-state index in [2.05, 4.69) is 18.2 Å². The van der Waals surface area contributed by atoms with Crippen LogP contribution in [0, 0.1) is 0 Å². The number of esters is 1. The minimum Gasteiger partial charge on any atom is -0.458 e. The van der Waals surface area contributed by atoms with Gasteiger partial charge >= 0.3 is 5.97 Å². The van der Waals surface area contributed by atoms with Crippen LogP contribution in [0.25, 0.3) is 0 Å². The molecule has 0 amide bonds. The number of ether oxygens (including phenoxy) is 1. The third-order valence-corrected chi connectivity index (χ3v) is 1.70. The normalized spacial score (nSPS) is 22.9. The van der Waals surface area contributed by atoms with Crippen molar-refractivity contribution in [3.8, 4) is 0 Å². The lowest BCUT2D eigenvalue weighted by atomic mass is 10.1. The Hall–Kier alpha value is -1.05. The molecular weight excluding hydrogens is 152 g/mol. The fourth-order valence-electron chi connectivity index (χ4n) is 1.17. The Morgan fingerprint density at radius 1 is 1.33 bits per heavy atom. The maximum atomic E-state index is 10.6. The SMILES string of the molecule is CC(=O)OC1C=CCCC=CC1. The molecule has 2 heteroatoms. The molecule has 0 saturated heterocycles. The highest BCUT2D eigenvalue weighted by Gasteiger charge is 2.06. The van der Waals surface area contributed by atoms with Gasteiger partial charge in [0.25, 0.3) is 0 Å². The molecule has 0 saturated carbocycles. The van der Waals surface area contributed by atoms with E-state index < -0.39 is 0 Å². The van der Waals surface area contributed by atoms with Gasteiger partial charge in [0.1, 0.15) is 6.10 Å². The Balaban J connectivity index is 2.44. The van der Waals surface area contributed by atoms with Gasteiger partial charge in [-0.1, -0.05) is 18.2 Å². The molecule has 66 valence electrons. The van der Waals surface area contributed by atoms with E-state index >= 15 is 0 Å². The summed E-state index contributed by atoms with van der Waals surface area (Å²) in [5.41, 5.74) is 0. The molecule has 0 N–H and O–H groups in total. The number of rotatable bonds is 1. The maximum Gasteiger partial charge on any atom is 0.303 e. The summed E-state index contributed by atoms with van der Waals surface area (Å²) in [5.74, 6) is -0.210. The first-order valence-corrected chi connectivity index (χ1v) is 4.28. The summed E-state index contributed by atoms with van der Waals surface area (Å²) in [6.45, 7) is 1.44. The van der Waals surface area contributed by atoms with E-state index in [-0.39, 0.29) is 12.1 Å². The first kappa shape index (κ1) is 9.04. The van der Waals surface area contributed by atoms with Crippen molar-refractivity contribution in [2.75, 3.05) is 0 Å². The van der Waals surface area contributed by atoms with E-state index in [1.54, 1.807) is 0 Å². The van der Waals surface area contributed by atoms with Gasteiger partial charge in [-0.25, -0.2) is 0 Å². The van der Waals surface area contributed by atoms with E-state index in [1.807, 2.05) is 6.08 Å². The molecule has 0 bridgehead atoms. The summed E-state index contributed by atoms with van der Waals surface area (Å²) in [4.78, 5) is 10.6. The minimum absolute atomic E-state index is 0.0564. The van der Waals surface area contributed by atoms with Crippen molar-refractivity contribution in [3.63, 3.8) is 0 Å². The molecule has 0 fully saturated rings. The number of allylic oxidation sites excluding steroid dienone is 2. The highest BCUT2D eigenvalue weighted by atomic mass is 16.5. The van der Waals surface area contributed by atoms with E-state index in [1.165, 1.54) is 6.92 Å². The van der Waals surface area contributed by atoms with E-state index in [4.69, 9.17) is 4.74 Å². The van der Waals surface area contributed by atoms with Crippen LogP contribution < -0.4 is 0 Å². The fourth-order valence-corrected chi connectivity index (χ4v) is 1.17. The molecule has 12 heavy (non-hydrogen) atoms. The first-order valence-electron chi connectivity index (χ1n) is 4.28. The van der Waals surface area contributed by atoms with E-state index in [0.717, 1.165) is 19.3 Å². The van der Waals surface area contributed by atoms with Gasteiger partial charge < -0.3 is 4.74 Å². The predicted molar refractivity (Wildman–Crippen MR) is 47.7 cm³/mol. The number of carbonyl (C=O) groups is 1. The first-order chi connectivity index (χ1) is 5.79. The third-order valence-electron chi connectivity index (χ3n) is 1.70. The lowest BCUT2D eigenvalue weighted by molar-refractivity contribution is -0.143. The van der Waals surface area contributed by atoms with Gasteiger partial charge in [-0.15, -0.1) is 0 Å². The molecule has 0 spiro atoms. The quantitative estimate of drug-likeness (QED) is 0.441. The van der Waals surface area contributed by atoms with Crippen molar-refractivity contribution in [2.24, 2.45) is 0 Å². The van der Waals surface area contributed by atoms with Crippen molar-refractivity contribution in [2.45, 2.75) is 32.3 Å². The maximum absolute atomic E-state index is 10.6. The van der Waals surface area contributed by atoms with Crippen LogP contribution in [0.4, 0.5) is 0 Å². The average Bonchev–Trinajstić information content (AvgIpc) is 1.93. The smallest absolute Gasteiger partial charge is 0.303 e. The van der Waals surface area contributed by atoms with Crippen LogP contribution in [0.5, 0.6) is 0 Å². The summed E-state index contributed by atoms with van der Waals surface area (Å²) < 4.78 is 5.05. The second-order valence-electron chi connectivity index (χ2n) is 2.86. The highest BCUT2D eigenvalue weighted by molar-refractivity contribution is 5.66. The molecule has 1 atom stereocenters. The average molecular weight is 166 g/mol. The van der Waals surface area contributed by atoms with Gasteiger partial charge in [0, 0.05) is 13.3 Å². The summed E-state index contributed by atoms with van der Waals surface area (Å²) in [5, 5.41) is 0. The number of hydrogen-bond acceptors (Lipinski definition) is 2. The molecule has 1 unspecified atom stereocenters. The molecule has 1 rings (SSSR count). The fraction of sp³-hybridized carbons (Fsp3) is 0.500. The van der Waals surface area contributed by atoms with Crippen LogP contribution in [-0.4, -0.2) is 12.1 Å². The van der Waals surface area contributed by atoms with Crippen molar-refractivity contribution in [1.82, 2.24) is 0 Å². The highest BCUT2D eigenvalue weighted by Crippen LogP contribution is 2.08. The molecule has 1 aliphatic rings. The van der Waals surface area contributed by atoms with Crippen molar-refractivity contribution in [1.29, 1.82) is 0 Å². The van der Waals surface area contributed by atoms with E-state index in [9.17, 15) is 4.79 Å². The topological polar surface area (TPSA) is 26.3 Å². The zero-order valence-corrected chi connectivity index (χ0v) is 7.32. The molecular formula is C10H14O2. The largest absolute Gasteiger partial charge is 0.458 e. The van der Waals surface area contributed by atoms with Gasteiger partial charge in [-0.2, -0.15) is 0 Å². The second kappa shape index (κ2) is 4.75. The zero-order valence-electron chi connectivity index (χ0n) is 7.32. The minimum atomic E-state index is -0.210. The molecule has 2 nitrogen and oxygen atoms in total. The van der Waals surface area contributed by atoms with Gasteiger partial charge in [-0.05, 0) is 18.9 Å². The van der Waals surface area contributed by atoms with Gasteiger partial charge in [0.15, 0.2) is 0 Å². The summed E-state index contributed by atoms with van der Waals surface area (Å²) >= 11 is 0. The summed E-state index contributed by atoms with van der Waals surface area (Å²) in [7, 11) is 0. The summed E-state index contributed by atoms with van der Waals surface area (Å²) in [6.07, 6.45) is 11.1. The van der Waals surface area contributed by atoms with Gasteiger partial charge in [0.2, 0.25) is 0 Å². The standard InChI is InChI=1S/C10H14O2/c1-9(11)12-10-7-5-3-2-4-6-8-10/h3,5-6,8,10H,2,4,7H2,1H3. The molecule has 0 aromatic carbocycles. The van der Waals surface area contributed by atoms with Crippen LogP contribution in [-0.2, 0) is 9.53 Å². The van der Waals surface area contributed by atoms with Crippen molar-refractivity contribution in [3.05, 3.63) is 24.3 Å². The molecule has 0 aromatic heterocycles.